The van der Waals surface area contributed by atoms with Crippen molar-refractivity contribution in [2.45, 2.75) is 0 Å². The molecule has 21 heavy (non-hydrogen) atoms. The Bertz CT molecular complexity index is 828. The van der Waals surface area contributed by atoms with Crippen LogP contribution >= 0.6 is 0 Å². The first-order valence-electron chi connectivity index (χ1n) is 6.24. The number of carboxylic acid groups (broad SMARTS) is 1. The van der Waals surface area contributed by atoms with E-state index >= 15 is 0 Å². The molecule has 6 nitrogen and oxygen atoms in total. The number of anilines is 3. The summed E-state index contributed by atoms with van der Waals surface area (Å²) in [5.74, 6) is -0.661. The van der Waals surface area contributed by atoms with Crippen LogP contribution in [0, 0.1) is 0 Å². The normalized spacial score (nSPS) is 10.5. The van der Waals surface area contributed by atoms with Crippen molar-refractivity contribution in [1.29, 1.82) is 0 Å². The molecule has 0 atom stereocenters. The summed E-state index contributed by atoms with van der Waals surface area (Å²) in [7, 11) is 0. The Morgan fingerprint density at radius 2 is 2.10 bits per heavy atom. The van der Waals surface area contributed by atoms with Crippen LogP contribution in [0.15, 0.2) is 48.9 Å². The summed E-state index contributed by atoms with van der Waals surface area (Å²) in [4.78, 5) is 19.3. The van der Waals surface area contributed by atoms with Gasteiger partial charge >= 0.3 is 5.97 Å². The maximum Gasteiger partial charge on any atom is 0.337 e. The number of hydrogen-bond donors (Lipinski definition) is 3. The molecule has 1 aromatic carbocycles. The Labute approximate surface area is 120 Å². The molecule has 0 amide bonds. The Hall–Kier alpha value is -3.15. The van der Waals surface area contributed by atoms with Crippen molar-refractivity contribution in [3.8, 4) is 0 Å². The summed E-state index contributed by atoms with van der Waals surface area (Å²) in [5.41, 5.74) is 6.57. The second kappa shape index (κ2) is 5.09. The van der Waals surface area contributed by atoms with Crippen LogP contribution in [0.5, 0.6) is 0 Å². The molecule has 6 heteroatoms. The predicted octanol–water partition coefficient (Wildman–Crippen LogP) is 2.65. The number of aromatic carboxylic acids is 1. The third-order valence-corrected chi connectivity index (χ3v) is 3.11. The smallest absolute Gasteiger partial charge is 0.337 e. The topological polar surface area (TPSA) is 101 Å². The van der Waals surface area contributed by atoms with E-state index in [4.69, 9.17) is 10.8 Å². The molecule has 0 unspecified atom stereocenters. The maximum atomic E-state index is 11.1. The first kappa shape index (κ1) is 12.9. The molecule has 0 saturated carbocycles. The van der Waals surface area contributed by atoms with Crippen LogP contribution < -0.4 is 11.1 Å². The number of aromatic nitrogens is 2. The maximum absolute atomic E-state index is 11.1. The minimum Gasteiger partial charge on any atom is -0.478 e. The van der Waals surface area contributed by atoms with E-state index in [1.807, 2.05) is 24.3 Å². The van der Waals surface area contributed by atoms with Crippen LogP contribution in [0.25, 0.3) is 10.8 Å². The largest absolute Gasteiger partial charge is 0.478 e. The molecular formula is C15H12N4O2. The molecular weight excluding hydrogens is 268 g/mol. The van der Waals surface area contributed by atoms with Crippen LogP contribution in [0.1, 0.15) is 10.4 Å². The number of carboxylic acids is 1. The molecule has 0 aliphatic rings. The first-order valence-corrected chi connectivity index (χ1v) is 6.24. The number of benzene rings is 1. The third kappa shape index (κ3) is 2.46. The van der Waals surface area contributed by atoms with E-state index in [2.05, 4.69) is 15.3 Å². The molecule has 2 aromatic heterocycles. The van der Waals surface area contributed by atoms with E-state index in [9.17, 15) is 4.79 Å². The third-order valence-electron chi connectivity index (χ3n) is 3.11. The van der Waals surface area contributed by atoms with Crippen LogP contribution in [0.3, 0.4) is 0 Å². The second-order valence-electron chi connectivity index (χ2n) is 4.49. The van der Waals surface area contributed by atoms with E-state index in [0.29, 0.717) is 5.82 Å². The summed E-state index contributed by atoms with van der Waals surface area (Å²) in [6.45, 7) is 0. The quantitative estimate of drug-likeness (QED) is 0.681. The number of fused-ring (bicyclic) bond motifs is 1. The highest BCUT2D eigenvalue weighted by atomic mass is 16.4. The highest BCUT2D eigenvalue weighted by molar-refractivity contribution is 5.96. The fourth-order valence-corrected chi connectivity index (χ4v) is 2.09. The first-order chi connectivity index (χ1) is 10.1. The Morgan fingerprint density at radius 3 is 2.90 bits per heavy atom. The van der Waals surface area contributed by atoms with E-state index in [-0.39, 0.29) is 11.3 Å². The van der Waals surface area contributed by atoms with Crippen LogP contribution in [-0.2, 0) is 0 Å². The van der Waals surface area contributed by atoms with Gasteiger partial charge in [0.25, 0.3) is 0 Å². The summed E-state index contributed by atoms with van der Waals surface area (Å²) >= 11 is 0. The molecule has 0 radical (unpaired) electrons. The van der Waals surface area contributed by atoms with Crippen molar-refractivity contribution in [3.63, 3.8) is 0 Å². The minimum absolute atomic E-state index is 0.0226. The van der Waals surface area contributed by atoms with Gasteiger partial charge in [-0.05, 0) is 18.2 Å². The van der Waals surface area contributed by atoms with Gasteiger partial charge in [0.1, 0.15) is 5.82 Å². The summed E-state index contributed by atoms with van der Waals surface area (Å²) in [6, 6.07) is 9.03. The molecule has 3 rings (SSSR count). The number of nitrogens with one attached hydrogen (secondary N) is 1. The molecule has 0 spiro atoms. The molecule has 3 aromatic rings. The lowest BCUT2D eigenvalue weighted by Crippen LogP contribution is -2.05. The zero-order chi connectivity index (χ0) is 14.8. The Morgan fingerprint density at radius 1 is 1.24 bits per heavy atom. The average molecular weight is 280 g/mol. The SMILES string of the molecule is Nc1cnc(Nc2cccc3cnccc23)cc1C(=O)O. The van der Waals surface area contributed by atoms with Gasteiger partial charge in [0, 0.05) is 28.9 Å². The zero-order valence-electron chi connectivity index (χ0n) is 10.9. The van der Waals surface area contributed by atoms with Gasteiger partial charge in [0.05, 0.1) is 17.4 Å². The fraction of sp³-hybridized carbons (Fsp3) is 0. The van der Waals surface area contributed by atoms with E-state index < -0.39 is 5.97 Å². The van der Waals surface area contributed by atoms with Crippen LogP contribution in [0.2, 0.25) is 0 Å². The lowest BCUT2D eigenvalue weighted by Gasteiger charge is -2.10. The van der Waals surface area contributed by atoms with Crippen molar-refractivity contribution < 1.29 is 9.90 Å². The average Bonchev–Trinajstić information content (AvgIpc) is 2.49. The fourth-order valence-electron chi connectivity index (χ4n) is 2.09. The highest BCUT2D eigenvalue weighted by Crippen LogP contribution is 2.26. The molecule has 0 fully saturated rings. The number of pyridine rings is 2. The number of nitrogens with two attached hydrogens (primary N) is 1. The summed E-state index contributed by atoms with van der Waals surface area (Å²) < 4.78 is 0. The summed E-state index contributed by atoms with van der Waals surface area (Å²) in [5, 5.41) is 14.2. The standard InChI is InChI=1S/C15H12N4O2/c16-12-8-18-14(6-11(12)15(20)21)19-13-3-1-2-9-7-17-5-4-10(9)13/h1-8H,16H2,(H,18,19)(H,20,21). The van der Waals surface area contributed by atoms with E-state index in [1.54, 1.807) is 12.4 Å². The van der Waals surface area contributed by atoms with Crippen molar-refractivity contribution in [2.24, 2.45) is 0 Å². The van der Waals surface area contributed by atoms with Crippen molar-refractivity contribution >= 4 is 33.9 Å². The number of rotatable bonds is 3. The van der Waals surface area contributed by atoms with E-state index in [1.165, 1.54) is 12.3 Å². The number of carbonyl (C=O) groups is 1. The van der Waals surface area contributed by atoms with Crippen LogP contribution in [0.4, 0.5) is 17.2 Å². The van der Waals surface area contributed by atoms with Gasteiger partial charge in [-0.2, -0.15) is 0 Å². The number of nitrogens with zero attached hydrogens (tertiary/aromatic N) is 2. The molecule has 2 heterocycles. The lowest BCUT2D eigenvalue weighted by atomic mass is 10.1. The Balaban J connectivity index is 2.03. The zero-order valence-corrected chi connectivity index (χ0v) is 10.9. The molecule has 0 bridgehead atoms. The predicted molar refractivity (Wildman–Crippen MR) is 80.6 cm³/mol. The Kier molecular flexibility index (Phi) is 3.12. The molecule has 0 aliphatic heterocycles. The highest BCUT2D eigenvalue weighted by Gasteiger charge is 2.10. The molecule has 104 valence electrons. The minimum atomic E-state index is -1.08. The van der Waals surface area contributed by atoms with Gasteiger partial charge in [-0.1, -0.05) is 12.1 Å². The van der Waals surface area contributed by atoms with Crippen LogP contribution in [-0.4, -0.2) is 21.0 Å². The summed E-state index contributed by atoms with van der Waals surface area (Å²) in [6.07, 6.45) is 4.80. The van der Waals surface area contributed by atoms with Crippen molar-refractivity contribution in [3.05, 3.63) is 54.5 Å². The van der Waals surface area contributed by atoms with Gasteiger partial charge < -0.3 is 16.2 Å². The molecule has 0 saturated heterocycles. The van der Waals surface area contributed by atoms with Gasteiger partial charge in [-0.15, -0.1) is 0 Å². The molecule has 0 aliphatic carbocycles. The van der Waals surface area contributed by atoms with Crippen molar-refractivity contribution in [1.82, 2.24) is 9.97 Å². The number of nitrogen functional groups attached to an aromatic ring is 1. The van der Waals surface area contributed by atoms with Gasteiger partial charge in [0.15, 0.2) is 0 Å². The van der Waals surface area contributed by atoms with E-state index in [0.717, 1.165) is 16.5 Å². The monoisotopic (exact) mass is 280 g/mol. The number of hydrogen-bond acceptors (Lipinski definition) is 5. The molecule has 4 N–H and O–H groups in total. The van der Waals surface area contributed by atoms with Gasteiger partial charge in [-0.3, -0.25) is 4.98 Å². The second-order valence-corrected chi connectivity index (χ2v) is 4.49. The van der Waals surface area contributed by atoms with Gasteiger partial charge in [-0.25, -0.2) is 9.78 Å². The van der Waals surface area contributed by atoms with Gasteiger partial charge in [0.2, 0.25) is 0 Å². The lowest BCUT2D eigenvalue weighted by molar-refractivity contribution is 0.0698. The van der Waals surface area contributed by atoms with Crippen molar-refractivity contribution in [2.75, 3.05) is 11.1 Å².